The van der Waals surface area contributed by atoms with Gasteiger partial charge in [0.1, 0.15) is 23.4 Å². The minimum absolute atomic E-state index is 0.260. The van der Waals surface area contributed by atoms with E-state index in [2.05, 4.69) is 10.6 Å². The molecule has 9 heteroatoms. The highest BCUT2D eigenvalue weighted by atomic mass is 32.2. The first-order valence-corrected chi connectivity index (χ1v) is 14.5. The highest BCUT2D eigenvalue weighted by molar-refractivity contribution is 7.99. The van der Waals surface area contributed by atoms with Crippen molar-refractivity contribution in [1.29, 1.82) is 0 Å². The monoisotopic (exact) mass is 543 g/mol. The maximum absolute atomic E-state index is 13.4. The summed E-state index contributed by atoms with van der Waals surface area (Å²) in [6.45, 7) is 5.65. The molecule has 3 amide bonds. The lowest BCUT2D eigenvalue weighted by Gasteiger charge is -2.31. The smallest absolute Gasteiger partial charge is 0.415 e. The molecule has 0 unspecified atom stereocenters. The van der Waals surface area contributed by atoms with E-state index in [1.807, 2.05) is 24.3 Å². The number of thioether (sulfide) groups is 1. The molecular weight excluding hydrogens is 502 g/mol. The third-order valence-electron chi connectivity index (χ3n) is 6.45. The molecule has 0 aromatic heterocycles. The summed E-state index contributed by atoms with van der Waals surface area (Å²) >= 11 is 1.70. The topological polar surface area (TPSA) is 97.0 Å². The van der Waals surface area contributed by atoms with Crippen molar-refractivity contribution in [2.24, 2.45) is 5.92 Å². The van der Waals surface area contributed by atoms with Crippen molar-refractivity contribution in [3.05, 3.63) is 54.3 Å². The molecule has 1 aliphatic heterocycles. The van der Waals surface area contributed by atoms with Gasteiger partial charge < -0.3 is 20.1 Å². The van der Waals surface area contributed by atoms with Crippen LogP contribution in [-0.2, 0) is 20.9 Å². The van der Waals surface area contributed by atoms with Crippen LogP contribution in [-0.4, -0.2) is 59.1 Å². The molecule has 2 N–H and O–H groups in total. The fraction of sp³-hybridized carbons (Fsp3) is 0.552. The Bertz CT molecular complexity index is 996. The molecule has 208 valence electrons. The van der Waals surface area contributed by atoms with Crippen molar-refractivity contribution in [3.8, 4) is 5.75 Å². The SMILES string of the molecule is COc1ccc(CNC(=O)[C@H](CSCC2CCCCC2)NC(=O)[C@@H]2C=CC=CN2C(=O)OC(C)(C)C)cc1. The zero-order valence-electron chi connectivity index (χ0n) is 22.9. The van der Waals surface area contributed by atoms with Crippen molar-refractivity contribution in [3.63, 3.8) is 0 Å². The molecule has 1 aromatic rings. The molecule has 1 fully saturated rings. The molecule has 38 heavy (non-hydrogen) atoms. The number of hydrogen-bond acceptors (Lipinski definition) is 6. The fourth-order valence-corrected chi connectivity index (χ4v) is 5.68. The van der Waals surface area contributed by atoms with Crippen molar-refractivity contribution in [1.82, 2.24) is 15.5 Å². The molecule has 2 aliphatic rings. The van der Waals surface area contributed by atoms with Crippen LogP contribution in [0.25, 0.3) is 0 Å². The maximum atomic E-state index is 13.4. The van der Waals surface area contributed by atoms with Gasteiger partial charge in [0.25, 0.3) is 0 Å². The number of ether oxygens (including phenoxy) is 2. The molecule has 1 aliphatic carbocycles. The summed E-state index contributed by atoms with van der Waals surface area (Å²) < 4.78 is 10.7. The van der Waals surface area contributed by atoms with E-state index < -0.39 is 29.7 Å². The highest BCUT2D eigenvalue weighted by Gasteiger charge is 2.33. The molecule has 0 saturated heterocycles. The van der Waals surface area contributed by atoms with Gasteiger partial charge in [-0.2, -0.15) is 11.8 Å². The van der Waals surface area contributed by atoms with Crippen LogP contribution in [0.5, 0.6) is 5.75 Å². The van der Waals surface area contributed by atoms with Gasteiger partial charge in [-0.3, -0.25) is 14.5 Å². The zero-order valence-corrected chi connectivity index (χ0v) is 23.7. The number of amides is 3. The van der Waals surface area contributed by atoms with Crippen LogP contribution in [0, 0.1) is 5.92 Å². The van der Waals surface area contributed by atoms with E-state index in [1.54, 1.807) is 57.9 Å². The Hall–Kier alpha value is -2.94. The van der Waals surface area contributed by atoms with Gasteiger partial charge in [0.15, 0.2) is 0 Å². The standard InChI is InChI=1S/C29H41N3O5S/c1-29(2,3)37-28(35)32-17-9-8-12-25(32)27(34)31-24(20-38-19-22-10-6-5-7-11-22)26(33)30-18-21-13-15-23(36-4)16-14-21/h8-9,12-17,22,24-25H,5-7,10-11,18-20H2,1-4H3,(H,30,33)(H,31,34)/t24-,25-/m0/s1. The van der Waals surface area contributed by atoms with Gasteiger partial charge in [0, 0.05) is 18.5 Å². The minimum Gasteiger partial charge on any atom is -0.497 e. The molecule has 8 nitrogen and oxygen atoms in total. The number of rotatable bonds is 10. The fourth-order valence-electron chi connectivity index (χ4n) is 4.40. The van der Waals surface area contributed by atoms with Crippen LogP contribution in [0.15, 0.2) is 48.7 Å². The molecular formula is C29H41N3O5S. The highest BCUT2D eigenvalue weighted by Crippen LogP contribution is 2.27. The van der Waals surface area contributed by atoms with E-state index in [0.717, 1.165) is 17.1 Å². The van der Waals surface area contributed by atoms with E-state index >= 15 is 0 Å². The van der Waals surface area contributed by atoms with Gasteiger partial charge in [-0.15, -0.1) is 0 Å². The Labute approximate surface area is 230 Å². The molecule has 0 spiro atoms. The lowest BCUT2D eigenvalue weighted by Crippen LogP contribution is -2.54. The summed E-state index contributed by atoms with van der Waals surface area (Å²) in [5, 5.41) is 5.85. The number of carbonyl (C=O) groups excluding carboxylic acids is 3. The van der Waals surface area contributed by atoms with E-state index in [4.69, 9.17) is 9.47 Å². The van der Waals surface area contributed by atoms with E-state index in [0.29, 0.717) is 18.2 Å². The molecule has 0 bridgehead atoms. The number of hydrogen-bond donors (Lipinski definition) is 2. The first-order chi connectivity index (χ1) is 18.2. The number of nitrogens with one attached hydrogen (secondary N) is 2. The average molecular weight is 544 g/mol. The van der Waals surface area contributed by atoms with E-state index in [9.17, 15) is 14.4 Å². The number of allylic oxidation sites excluding steroid dienone is 2. The van der Waals surface area contributed by atoms with Gasteiger partial charge in [0.2, 0.25) is 11.8 Å². The van der Waals surface area contributed by atoms with Crippen molar-refractivity contribution in [2.45, 2.75) is 77.1 Å². The van der Waals surface area contributed by atoms with Gasteiger partial charge in [0.05, 0.1) is 7.11 Å². The second-order valence-corrected chi connectivity index (χ2v) is 11.8. The predicted molar refractivity (Wildman–Crippen MR) is 151 cm³/mol. The molecule has 1 heterocycles. The van der Waals surface area contributed by atoms with Gasteiger partial charge >= 0.3 is 6.09 Å². The van der Waals surface area contributed by atoms with Crippen LogP contribution >= 0.6 is 11.8 Å². The van der Waals surface area contributed by atoms with Gasteiger partial charge in [-0.05, 0) is 69.1 Å². The van der Waals surface area contributed by atoms with Crippen molar-refractivity contribution in [2.75, 3.05) is 18.6 Å². The summed E-state index contributed by atoms with van der Waals surface area (Å²) in [6, 6.07) is 5.82. The molecule has 3 rings (SSSR count). The Morgan fingerprint density at radius 2 is 1.79 bits per heavy atom. The lowest BCUT2D eigenvalue weighted by molar-refractivity contribution is -0.130. The van der Waals surface area contributed by atoms with Crippen LogP contribution in [0.1, 0.15) is 58.4 Å². The van der Waals surface area contributed by atoms with Crippen LogP contribution in [0.3, 0.4) is 0 Å². The third-order valence-corrected chi connectivity index (χ3v) is 7.72. The molecule has 2 atom stereocenters. The van der Waals surface area contributed by atoms with E-state index in [-0.39, 0.29) is 5.91 Å². The largest absolute Gasteiger partial charge is 0.497 e. The Morgan fingerprint density at radius 1 is 1.08 bits per heavy atom. The van der Waals surface area contributed by atoms with Gasteiger partial charge in [-0.1, -0.05) is 43.5 Å². The number of benzene rings is 1. The number of methoxy groups -OCH3 is 1. The first kappa shape index (κ1) is 29.6. The Morgan fingerprint density at radius 3 is 2.45 bits per heavy atom. The third kappa shape index (κ3) is 9.42. The van der Waals surface area contributed by atoms with E-state index in [1.165, 1.54) is 43.2 Å². The normalized spacial score (nSPS) is 18.5. The lowest BCUT2D eigenvalue weighted by atomic mass is 9.91. The summed E-state index contributed by atoms with van der Waals surface area (Å²) in [6.07, 6.45) is 12.2. The molecule has 1 aromatic carbocycles. The number of nitrogens with zero attached hydrogens (tertiary/aromatic N) is 1. The average Bonchev–Trinajstić information content (AvgIpc) is 2.91. The molecule has 0 radical (unpaired) electrons. The second-order valence-electron chi connectivity index (χ2n) is 10.7. The Kier molecular flexibility index (Phi) is 11.1. The van der Waals surface area contributed by atoms with Crippen LogP contribution < -0.4 is 15.4 Å². The van der Waals surface area contributed by atoms with Crippen LogP contribution in [0.2, 0.25) is 0 Å². The summed E-state index contributed by atoms with van der Waals surface area (Å²) in [5.74, 6) is 2.13. The first-order valence-electron chi connectivity index (χ1n) is 13.3. The quantitative estimate of drug-likeness (QED) is 0.440. The van der Waals surface area contributed by atoms with Gasteiger partial charge in [-0.25, -0.2) is 4.79 Å². The van der Waals surface area contributed by atoms with Crippen LogP contribution in [0.4, 0.5) is 4.79 Å². The molecule has 1 saturated carbocycles. The Balaban J connectivity index is 1.65. The second kappa shape index (κ2) is 14.3. The maximum Gasteiger partial charge on any atom is 0.415 e. The van der Waals surface area contributed by atoms with Crippen molar-refractivity contribution < 1.29 is 23.9 Å². The minimum atomic E-state index is -0.907. The summed E-state index contributed by atoms with van der Waals surface area (Å²) in [5.41, 5.74) is 0.225. The van der Waals surface area contributed by atoms with Crippen molar-refractivity contribution >= 4 is 29.7 Å². The predicted octanol–water partition coefficient (Wildman–Crippen LogP) is 4.80. The summed E-state index contributed by atoms with van der Waals surface area (Å²) in [7, 11) is 1.61. The summed E-state index contributed by atoms with van der Waals surface area (Å²) in [4.78, 5) is 40.6. The number of carbonyl (C=O) groups is 3. The zero-order chi connectivity index (χ0) is 27.5.